The Morgan fingerprint density at radius 1 is 1.00 bits per heavy atom. The average molecular weight is 459 g/mol. The summed E-state index contributed by atoms with van der Waals surface area (Å²) in [6.45, 7) is 3.98. The molecular weight excluding hydrogens is 429 g/mol. The molecule has 0 saturated heterocycles. The highest BCUT2D eigenvalue weighted by Crippen LogP contribution is 2.30. The lowest BCUT2D eigenvalue weighted by molar-refractivity contribution is -0.137. The van der Waals surface area contributed by atoms with Crippen LogP contribution in [0.4, 0.5) is 13.2 Å². The maximum Gasteiger partial charge on any atom is 0.416 e. The fraction of sp³-hybridized carbons (Fsp3) is 0.423. The normalized spacial score (nSPS) is 11.8. The van der Waals surface area contributed by atoms with E-state index in [0.29, 0.717) is 48.8 Å². The van der Waals surface area contributed by atoms with Gasteiger partial charge in [-0.1, -0.05) is 31.9 Å². The molecule has 3 rings (SSSR count). The van der Waals surface area contributed by atoms with Crippen LogP contribution in [0, 0.1) is 6.92 Å². The molecule has 1 aromatic heterocycles. The largest absolute Gasteiger partial charge is 0.416 e. The molecule has 4 nitrogen and oxygen atoms in total. The summed E-state index contributed by atoms with van der Waals surface area (Å²) in [6.07, 6.45) is 1.17. The molecule has 0 radical (unpaired) electrons. The molecule has 1 heterocycles. The number of aromatic nitrogens is 2. The van der Waals surface area contributed by atoms with E-state index in [1.54, 1.807) is 18.2 Å². The second kappa shape index (κ2) is 10.8. The van der Waals surface area contributed by atoms with Crippen molar-refractivity contribution in [2.24, 2.45) is 0 Å². The van der Waals surface area contributed by atoms with Crippen LogP contribution in [-0.2, 0) is 17.4 Å². The van der Waals surface area contributed by atoms with E-state index in [2.05, 4.69) is 11.9 Å². The van der Waals surface area contributed by atoms with Gasteiger partial charge in [0.05, 0.1) is 22.2 Å². The lowest BCUT2D eigenvalue weighted by Crippen LogP contribution is -2.24. The smallest absolute Gasteiger partial charge is 0.300 e. The summed E-state index contributed by atoms with van der Waals surface area (Å²) in [6, 6.07) is 9.98. The fourth-order valence-corrected chi connectivity index (χ4v) is 3.90. The van der Waals surface area contributed by atoms with Crippen LogP contribution < -0.4 is 5.56 Å². The summed E-state index contributed by atoms with van der Waals surface area (Å²) in [7, 11) is 0. The Bertz CT molecular complexity index is 1180. The van der Waals surface area contributed by atoms with Crippen molar-refractivity contribution in [2.75, 3.05) is 0 Å². The van der Waals surface area contributed by atoms with Crippen molar-refractivity contribution in [1.82, 2.24) is 9.55 Å². The van der Waals surface area contributed by atoms with Crippen LogP contribution in [-0.4, -0.2) is 15.3 Å². The van der Waals surface area contributed by atoms with E-state index in [-0.39, 0.29) is 11.5 Å². The number of carbonyl (C=O) groups is 1. The van der Waals surface area contributed by atoms with Gasteiger partial charge < -0.3 is 0 Å². The Hall–Kier alpha value is -2.96. The van der Waals surface area contributed by atoms with E-state index in [4.69, 9.17) is 0 Å². The van der Waals surface area contributed by atoms with E-state index in [1.165, 1.54) is 16.7 Å². The van der Waals surface area contributed by atoms with Crippen LogP contribution in [0.3, 0.4) is 0 Å². The quantitative estimate of drug-likeness (QED) is 0.323. The van der Waals surface area contributed by atoms with E-state index in [0.717, 1.165) is 37.0 Å². The number of fused-ring (bicyclic) bond motifs is 1. The van der Waals surface area contributed by atoms with Gasteiger partial charge in [-0.25, -0.2) is 4.98 Å². The SMILES string of the molecule is CCCCCC(=O)CCCCc1nc2cc(C)ccc2c(=O)n1-c1cccc(C(F)(F)F)c1. The third kappa shape index (κ3) is 6.30. The van der Waals surface area contributed by atoms with Crippen LogP contribution in [0.1, 0.15) is 68.8 Å². The summed E-state index contributed by atoms with van der Waals surface area (Å²) in [5.74, 6) is 0.622. The first-order valence-corrected chi connectivity index (χ1v) is 11.4. The molecule has 2 aromatic carbocycles. The highest BCUT2D eigenvalue weighted by Gasteiger charge is 2.30. The number of hydrogen-bond donors (Lipinski definition) is 0. The van der Waals surface area contributed by atoms with Gasteiger partial charge in [-0.2, -0.15) is 13.2 Å². The Balaban J connectivity index is 1.91. The molecular formula is C26H29F3N2O2. The van der Waals surface area contributed by atoms with Crippen molar-refractivity contribution in [3.63, 3.8) is 0 Å². The zero-order chi connectivity index (χ0) is 24.0. The van der Waals surface area contributed by atoms with Gasteiger partial charge in [0.2, 0.25) is 0 Å². The van der Waals surface area contributed by atoms with Gasteiger partial charge in [0.1, 0.15) is 11.6 Å². The molecule has 7 heteroatoms. The standard InChI is InChI=1S/C26H29F3N2O2/c1-3-4-5-11-21(32)12-6-7-13-24-30-23-16-18(2)14-15-22(23)25(33)31(24)20-10-8-9-19(17-20)26(27,28)29/h8-10,14-17H,3-7,11-13H2,1-2H3. The minimum absolute atomic E-state index is 0.135. The summed E-state index contributed by atoms with van der Waals surface area (Å²) < 4.78 is 41.1. The Labute approximate surface area is 191 Å². The lowest BCUT2D eigenvalue weighted by Gasteiger charge is -2.15. The number of rotatable bonds is 10. The number of ketones is 1. The van der Waals surface area contributed by atoms with Gasteiger partial charge in [-0.3, -0.25) is 14.2 Å². The number of alkyl halides is 3. The molecule has 0 saturated carbocycles. The summed E-state index contributed by atoms with van der Waals surface area (Å²) in [5.41, 5.74) is 0.378. The molecule has 0 aliphatic rings. The summed E-state index contributed by atoms with van der Waals surface area (Å²) in [4.78, 5) is 30.0. The van der Waals surface area contributed by atoms with E-state index in [9.17, 15) is 22.8 Å². The number of halogens is 3. The predicted octanol–water partition coefficient (Wildman–Crippen LogP) is 6.58. The average Bonchev–Trinajstić information content (AvgIpc) is 2.76. The molecule has 3 aromatic rings. The maximum atomic E-state index is 13.3. The van der Waals surface area contributed by atoms with Crippen LogP contribution in [0.5, 0.6) is 0 Å². The van der Waals surface area contributed by atoms with Crippen LogP contribution in [0.15, 0.2) is 47.3 Å². The topological polar surface area (TPSA) is 52.0 Å². The first-order valence-electron chi connectivity index (χ1n) is 11.4. The van der Waals surface area contributed by atoms with Crippen molar-refractivity contribution in [2.45, 2.75) is 71.4 Å². The Morgan fingerprint density at radius 2 is 1.73 bits per heavy atom. The molecule has 0 N–H and O–H groups in total. The molecule has 0 bridgehead atoms. The number of Topliss-reactive ketones (excluding diaryl/α,β-unsaturated/α-hetero) is 1. The molecule has 0 aliphatic heterocycles. The molecule has 176 valence electrons. The van der Waals surface area contributed by atoms with Crippen molar-refractivity contribution in [1.29, 1.82) is 0 Å². The monoisotopic (exact) mass is 458 g/mol. The number of aryl methyl sites for hydroxylation is 2. The van der Waals surface area contributed by atoms with Gasteiger partial charge in [0, 0.05) is 19.3 Å². The maximum absolute atomic E-state index is 13.3. The van der Waals surface area contributed by atoms with Crippen molar-refractivity contribution in [3.05, 3.63) is 69.8 Å². The van der Waals surface area contributed by atoms with Gasteiger partial charge in [-0.05, 0) is 62.1 Å². The van der Waals surface area contributed by atoms with Crippen LogP contribution in [0.2, 0.25) is 0 Å². The molecule has 0 unspecified atom stereocenters. The summed E-state index contributed by atoms with van der Waals surface area (Å²) >= 11 is 0. The first kappa shape index (κ1) is 24.7. The number of nitrogens with zero attached hydrogens (tertiary/aromatic N) is 2. The van der Waals surface area contributed by atoms with Crippen LogP contribution >= 0.6 is 0 Å². The van der Waals surface area contributed by atoms with Gasteiger partial charge in [0.15, 0.2) is 0 Å². The van der Waals surface area contributed by atoms with Gasteiger partial charge in [0.25, 0.3) is 5.56 Å². The minimum Gasteiger partial charge on any atom is -0.300 e. The molecule has 0 fully saturated rings. The van der Waals surface area contributed by atoms with Crippen molar-refractivity contribution >= 4 is 16.7 Å². The van der Waals surface area contributed by atoms with Crippen molar-refractivity contribution in [3.8, 4) is 5.69 Å². The Kier molecular flexibility index (Phi) is 8.06. The van der Waals surface area contributed by atoms with Crippen LogP contribution in [0.25, 0.3) is 16.6 Å². The van der Waals surface area contributed by atoms with Gasteiger partial charge in [-0.15, -0.1) is 0 Å². The third-order valence-electron chi connectivity index (χ3n) is 5.69. The number of carbonyl (C=O) groups excluding carboxylic acids is 1. The number of benzene rings is 2. The second-order valence-electron chi connectivity index (χ2n) is 8.44. The Morgan fingerprint density at radius 3 is 2.42 bits per heavy atom. The molecule has 33 heavy (non-hydrogen) atoms. The van der Waals surface area contributed by atoms with E-state index >= 15 is 0 Å². The number of unbranched alkanes of at least 4 members (excludes halogenated alkanes) is 3. The zero-order valence-electron chi connectivity index (χ0n) is 19.0. The van der Waals surface area contributed by atoms with Crippen molar-refractivity contribution < 1.29 is 18.0 Å². The molecule has 0 spiro atoms. The third-order valence-corrected chi connectivity index (χ3v) is 5.69. The predicted molar refractivity (Wildman–Crippen MR) is 124 cm³/mol. The minimum atomic E-state index is -4.51. The second-order valence-corrected chi connectivity index (χ2v) is 8.44. The van der Waals surface area contributed by atoms with E-state index < -0.39 is 17.3 Å². The fourth-order valence-electron chi connectivity index (χ4n) is 3.90. The molecule has 0 atom stereocenters. The molecule has 0 aliphatic carbocycles. The van der Waals surface area contributed by atoms with E-state index in [1.807, 2.05) is 6.92 Å². The zero-order valence-corrected chi connectivity index (χ0v) is 19.0. The lowest BCUT2D eigenvalue weighted by atomic mass is 10.1. The number of hydrogen-bond acceptors (Lipinski definition) is 3. The summed E-state index contributed by atoms with van der Waals surface area (Å²) in [5, 5.41) is 0.355. The highest BCUT2D eigenvalue weighted by molar-refractivity contribution is 5.79. The molecule has 0 amide bonds. The highest BCUT2D eigenvalue weighted by atomic mass is 19.4. The first-order chi connectivity index (χ1) is 15.7. The van der Waals surface area contributed by atoms with Gasteiger partial charge >= 0.3 is 6.18 Å².